The van der Waals surface area contributed by atoms with Crippen LogP contribution in [0.3, 0.4) is 0 Å². The molecular formula is C18H18Cl3NO4. The summed E-state index contributed by atoms with van der Waals surface area (Å²) in [5.74, 6) is 1.27. The number of hydrogen-bond acceptors (Lipinski definition) is 4. The topological polar surface area (TPSA) is 56.8 Å². The molecule has 0 unspecified atom stereocenters. The molecule has 0 aromatic heterocycles. The van der Waals surface area contributed by atoms with Crippen LogP contribution in [0.15, 0.2) is 30.3 Å². The molecule has 0 radical (unpaired) electrons. The average molecular weight is 419 g/mol. The minimum Gasteiger partial charge on any atom is -0.495 e. The molecule has 8 heteroatoms. The van der Waals surface area contributed by atoms with Crippen LogP contribution in [0.5, 0.6) is 17.2 Å². The first kappa shape index (κ1) is 20.5. The first-order chi connectivity index (χ1) is 12.4. The van der Waals surface area contributed by atoms with E-state index in [1.807, 2.05) is 0 Å². The van der Waals surface area contributed by atoms with Crippen LogP contribution in [0.4, 0.5) is 5.69 Å². The molecule has 2 aromatic rings. The Kier molecular flexibility index (Phi) is 7.69. The Balaban J connectivity index is 1.86. The van der Waals surface area contributed by atoms with Gasteiger partial charge in [-0.15, -0.1) is 0 Å². The van der Waals surface area contributed by atoms with Crippen molar-refractivity contribution in [3.8, 4) is 17.2 Å². The standard InChI is InChI=1S/C18H18Cl3NO4/c1-24-16-10-17(25-2)14(9-13(16)21)22-18(23)4-3-7-26-15-6-5-11(19)8-12(15)20/h5-6,8-10H,3-4,7H2,1-2H3,(H,22,23). The van der Waals surface area contributed by atoms with Gasteiger partial charge in [-0.2, -0.15) is 0 Å². The molecule has 5 nitrogen and oxygen atoms in total. The van der Waals surface area contributed by atoms with Crippen molar-refractivity contribution in [1.29, 1.82) is 0 Å². The fraction of sp³-hybridized carbons (Fsp3) is 0.278. The molecule has 140 valence electrons. The van der Waals surface area contributed by atoms with E-state index in [1.165, 1.54) is 14.2 Å². The quantitative estimate of drug-likeness (QED) is 0.578. The van der Waals surface area contributed by atoms with Crippen LogP contribution in [0.2, 0.25) is 15.1 Å². The second-order valence-corrected chi connectivity index (χ2v) is 6.51. The van der Waals surface area contributed by atoms with Gasteiger partial charge in [-0.25, -0.2) is 0 Å². The number of halogens is 3. The van der Waals surface area contributed by atoms with Gasteiger partial charge in [-0.1, -0.05) is 34.8 Å². The van der Waals surface area contributed by atoms with Crippen LogP contribution < -0.4 is 19.5 Å². The summed E-state index contributed by atoms with van der Waals surface area (Å²) in [5.41, 5.74) is 0.477. The van der Waals surface area contributed by atoms with E-state index in [0.717, 1.165) is 0 Å². The van der Waals surface area contributed by atoms with Crippen molar-refractivity contribution in [2.45, 2.75) is 12.8 Å². The molecule has 0 saturated heterocycles. The Labute approximate surface area is 167 Å². The van der Waals surface area contributed by atoms with Gasteiger partial charge in [0.2, 0.25) is 5.91 Å². The number of methoxy groups -OCH3 is 2. The van der Waals surface area contributed by atoms with Crippen LogP contribution in [0.25, 0.3) is 0 Å². The second-order valence-electron chi connectivity index (χ2n) is 5.26. The van der Waals surface area contributed by atoms with Crippen LogP contribution in [-0.2, 0) is 4.79 Å². The van der Waals surface area contributed by atoms with E-state index in [2.05, 4.69) is 5.32 Å². The van der Waals surface area contributed by atoms with Gasteiger partial charge in [0.05, 0.1) is 36.6 Å². The molecule has 0 bridgehead atoms. The van der Waals surface area contributed by atoms with Gasteiger partial charge in [0.25, 0.3) is 0 Å². The number of ether oxygens (including phenoxy) is 3. The van der Waals surface area contributed by atoms with Crippen molar-refractivity contribution in [3.63, 3.8) is 0 Å². The molecule has 0 aliphatic carbocycles. The minimum atomic E-state index is -0.185. The number of benzene rings is 2. The van der Waals surface area contributed by atoms with Crippen LogP contribution >= 0.6 is 34.8 Å². The minimum absolute atomic E-state index is 0.185. The fourth-order valence-electron chi connectivity index (χ4n) is 2.18. The molecule has 0 saturated carbocycles. The number of carbonyl (C=O) groups excluding carboxylic acids is 1. The van der Waals surface area contributed by atoms with Crippen molar-refractivity contribution >= 4 is 46.4 Å². The molecule has 0 spiro atoms. The zero-order chi connectivity index (χ0) is 19.1. The highest BCUT2D eigenvalue weighted by atomic mass is 35.5. The lowest BCUT2D eigenvalue weighted by molar-refractivity contribution is -0.116. The molecular weight excluding hydrogens is 401 g/mol. The normalized spacial score (nSPS) is 10.3. The fourth-order valence-corrected chi connectivity index (χ4v) is 2.88. The van der Waals surface area contributed by atoms with E-state index in [9.17, 15) is 4.79 Å². The Hall–Kier alpha value is -1.82. The van der Waals surface area contributed by atoms with Gasteiger partial charge in [0.1, 0.15) is 17.2 Å². The third-order valence-electron chi connectivity index (χ3n) is 3.45. The predicted molar refractivity (Wildman–Crippen MR) is 104 cm³/mol. The lowest BCUT2D eigenvalue weighted by Gasteiger charge is -2.13. The van der Waals surface area contributed by atoms with E-state index in [4.69, 9.17) is 49.0 Å². The molecule has 0 atom stereocenters. The number of rotatable bonds is 8. The Morgan fingerprint density at radius 1 is 0.962 bits per heavy atom. The highest BCUT2D eigenvalue weighted by Gasteiger charge is 2.12. The van der Waals surface area contributed by atoms with E-state index >= 15 is 0 Å². The third kappa shape index (κ3) is 5.59. The summed E-state index contributed by atoms with van der Waals surface area (Å²) < 4.78 is 15.9. The van der Waals surface area contributed by atoms with Crippen LogP contribution in [0.1, 0.15) is 12.8 Å². The first-order valence-electron chi connectivity index (χ1n) is 7.73. The molecule has 0 fully saturated rings. The Bertz CT molecular complexity index is 783. The summed E-state index contributed by atoms with van der Waals surface area (Å²) >= 11 is 17.9. The van der Waals surface area contributed by atoms with E-state index < -0.39 is 0 Å². The number of carbonyl (C=O) groups is 1. The lowest BCUT2D eigenvalue weighted by Crippen LogP contribution is -2.13. The summed E-state index contributed by atoms with van der Waals surface area (Å²) in [6, 6.07) is 8.18. The van der Waals surface area contributed by atoms with Crippen molar-refractivity contribution in [1.82, 2.24) is 0 Å². The number of hydrogen-bond donors (Lipinski definition) is 1. The highest BCUT2D eigenvalue weighted by Crippen LogP contribution is 2.36. The van der Waals surface area contributed by atoms with E-state index in [1.54, 1.807) is 30.3 Å². The van der Waals surface area contributed by atoms with Gasteiger partial charge < -0.3 is 19.5 Å². The third-order valence-corrected chi connectivity index (χ3v) is 4.27. The molecule has 2 rings (SSSR count). The zero-order valence-electron chi connectivity index (χ0n) is 14.3. The second kappa shape index (κ2) is 9.76. The molecule has 26 heavy (non-hydrogen) atoms. The van der Waals surface area contributed by atoms with Gasteiger partial charge in [0, 0.05) is 17.5 Å². The first-order valence-corrected chi connectivity index (χ1v) is 8.87. The molecule has 0 aliphatic rings. The van der Waals surface area contributed by atoms with E-state index in [0.29, 0.717) is 51.0 Å². The maximum absolute atomic E-state index is 12.1. The van der Waals surface area contributed by atoms with Crippen molar-refractivity contribution < 1.29 is 19.0 Å². The maximum atomic E-state index is 12.1. The zero-order valence-corrected chi connectivity index (χ0v) is 16.5. The number of nitrogens with one attached hydrogen (secondary N) is 1. The van der Waals surface area contributed by atoms with Crippen molar-refractivity contribution in [3.05, 3.63) is 45.4 Å². The number of anilines is 1. The lowest BCUT2D eigenvalue weighted by atomic mass is 10.2. The van der Waals surface area contributed by atoms with Gasteiger partial charge in [0.15, 0.2) is 0 Å². The van der Waals surface area contributed by atoms with Gasteiger partial charge in [-0.3, -0.25) is 4.79 Å². The number of amides is 1. The molecule has 1 amide bonds. The summed E-state index contributed by atoms with van der Waals surface area (Å²) in [6.45, 7) is 0.343. The molecule has 0 heterocycles. The van der Waals surface area contributed by atoms with Crippen LogP contribution in [-0.4, -0.2) is 26.7 Å². The van der Waals surface area contributed by atoms with E-state index in [-0.39, 0.29) is 12.3 Å². The van der Waals surface area contributed by atoms with Gasteiger partial charge in [-0.05, 0) is 30.7 Å². The van der Waals surface area contributed by atoms with Crippen LogP contribution in [0, 0.1) is 0 Å². The average Bonchev–Trinajstić information content (AvgIpc) is 2.60. The summed E-state index contributed by atoms with van der Waals surface area (Å²) in [5, 5.41) is 4.11. The SMILES string of the molecule is COc1cc(OC)c(NC(=O)CCCOc2ccc(Cl)cc2Cl)cc1Cl. The largest absolute Gasteiger partial charge is 0.495 e. The highest BCUT2D eigenvalue weighted by molar-refractivity contribution is 6.35. The Morgan fingerprint density at radius 2 is 1.65 bits per heavy atom. The molecule has 0 aliphatic heterocycles. The monoisotopic (exact) mass is 417 g/mol. The maximum Gasteiger partial charge on any atom is 0.224 e. The van der Waals surface area contributed by atoms with Crippen molar-refractivity contribution in [2.75, 3.05) is 26.1 Å². The molecule has 1 N–H and O–H groups in total. The van der Waals surface area contributed by atoms with Gasteiger partial charge >= 0.3 is 0 Å². The smallest absolute Gasteiger partial charge is 0.224 e. The summed E-state index contributed by atoms with van der Waals surface area (Å²) in [6.07, 6.45) is 0.773. The summed E-state index contributed by atoms with van der Waals surface area (Å²) in [4.78, 5) is 12.1. The van der Waals surface area contributed by atoms with Crippen molar-refractivity contribution in [2.24, 2.45) is 0 Å². The Morgan fingerprint density at radius 3 is 2.31 bits per heavy atom. The summed E-state index contributed by atoms with van der Waals surface area (Å²) in [7, 11) is 3.01. The molecule has 2 aromatic carbocycles. The predicted octanol–water partition coefficient (Wildman–Crippen LogP) is 5.46.